The van der Waals surface area contributed by atoms with Crippen LogP contribution in [-0.4, -0.2) is 0 Å². The van der Waals surface area contributed by atoms with Gasteiger partial charge in [-0.2, -0.15) is 0 Å². The lowest BCUT2D eigenvalue weighted by atomic mass is 9.81. The number of nitrogens with zero attached hydrogens (tertiary/aromatic N) is 1. The SMILES string of the molecule is CC1(C)c2cc(-c3ccccc3)ccc2-c2ccc(N(c3ccc4c(c3)C(C)(C)c3cc(-c5cccc6c5sc5ccccc56)ccc3-4)c3ccc4ccccc4c3)cc21. The fourth-order valence-electron chi connectivity index (χ4n) is 10.4. The third kappa shape index (κ3) is 5.17. The molecule has 0 aliphatic heterocycles. The Morgan fingerprint density at radius 1 is 0.350 bits per heavy atom. The van der Waals surface area contributed by atoms with E-state index in [-0.39, 0.29) is 10.8 Å². The summed E-state index contributed by atoms with van der Waals surface area (Å²) in [5.41, 5.74) is 19.0. The van der Waals surface area contributed by atoms with Crippen molar-refractivity contribution in [2.75, 3.05) is 4.90 Å². The van der Waals surface area contributed by atoms with E-state index in [4.69, 9.17) is 0 Å². The van der Waals surface area contributed by atoms with Gasteiger partial charge < -0.3 is 4.90 Å². The second-order valence-corrected chi connectivity index (χ2v) is 18.8. The van der Waals surface area contributed by atoms with E-state index >= 15 is 0 Å². The Morgan fingerprint density at radius 3 is 1.57 bits per heavy atom. The summed E-state index contributed by atoms with van der Waals surface area (Å²) in [4.78, 5) is 2.48. The average molecular weight is 786 g/mol. The molecule has 0 atom stereocenters. The van der Waals surface area contributed by atoms with E-state index in [0.717, 1.165) is 5.69 Å². The molecule has 286 valence electrons. The predicted octanol–water partition coefficient (Wildman–Crippen LogP) is 16.6. The molecule has 2 aliphatic rings. The first kappa shape index (κ1) is 35.2. The van der Waals surface area contributed by atoms with Crippen LogP contribution in [0.1, 0.15) is 49.9 Å². The van der Waals surface area contributed by atoms with Crippen molar-refractivity contribution in [3.05, 3.63) is 210 Å². The second kappa shape index (κ2) is 12.9. The van der Waals surface area contributed by atoms with Crippen LogP contribution in [0.15, 0.2) is 188 Å². The summed E-state index contributed by atoms with van der Waals surface area (Å²) in [6.07, 6.45) is 0. The van der Waals surface area contributed by atoms with Crippen LogP contribution >= 0.6 is 11.3 Å². The highest BCUT2D eigenvalue weighted by molar-refractivity contribution is 7.26. The Kier molecular flexibility index (Phi) is 7.56. The molecule has 1 heterocycles. The van der Waals surface area contributed by atoms with Crippen molar-refractivity contribution in [1.29, 1.82) is 0 Å². The molecule has 0 N–H and O–H groups in total. The molecule has 12 rings (SSSR count). The number of fused-ring (bicyclic) bond motifs is 10. The molecule has 10 aromatic rings. The van der Waals surface area contributed by atoms with Crippen LogP contribution in [0.25, 0.3) is 75.5 Å². The van der Waals surface area contributed by atoms with E-state index in [2.05, 4.69) is 221 Å². The molecule has 60 heavy (non-hydrogen) atoms. The van der Waals surface area contributed by atoms with E-state index in [1.54, 1.807) is 0 Å². The van der Waals surface area contributed by atoms with Crippen molar-refractivity contribution >= 4 is 59.3 Å². The number of anilines is 3. The topological polar surface area (TPSA) is 3.24 Å². The molecular formula is C58H43NS. The number of thiophene rings is 1. The van der Waals surface area contributed by atoms with E-state index in [1.807, 2.05) is 11.3 Å². The lowest BCUT2D eigenvalue weighted by Gasteiger charge is -2.30. The maximum atomic E-state index is 2.48. The summed E-state index contributed by atoms with van der Waals surface area (Å²) < 4.78 is 2.70. The van der Waals surface area contributed by atoms with Gasteiger partial charge in [-0.3, -0.25) is 0 Å². The Balaban J connectivity index is 0.978. The van der Waals surface area contributed by atoms with Crippen molar-refractivity contribution in [1.82, 2.24) is 0 Å². The first-order valence-electron chi connectivity index (χ1n) is 21.1. The highest BCUT2D eigenvalue weighted by Gasteiger charge is 2.38. The van der Waals surface area contributed by atoms with Gasteiger partial charge in [0.25, 0.3) is 0 Å². The summed E-state index contributed by atoms with van der Waals surface area (Å²) in [7, 11) is 0. The number of hydrogen-bond acceptors (Lipinski definition) is 2. The van der Waals surface area contributed by atoms with Gasteiger partial charge in [0.15, 0.2) is 0 Å². The normalized spacial score (nSPS) is 14.3. The van der Waals surface area contributed by atoms with E-state index in [9.17, 15) is 0 Å². The van der Waals surface area contributed by atoms with E-state index in [1.165, 1.54) is 109 Å². The smallest absolute Gasteiger partial charge is 0.0468 e. The first-order chi connectivity index (χ1) is 29.2. The van der Waals surface area contributed by atoms with Gasteiger partial charge in [0, 0.05) is 48.1 Å². The molecule has 9 aromatic carbocycles. The zero-order valence-electron chi connectivity index (χ0n) is 34.3. The third-order valence-electron chi connectivity index (χ3n) is 13.6. The number of benzene rings is 9. The quantitative estimate of drug-likeness (QED) is 0.168. The Bertz CT molecular complexity index is 3380. The summed E-state index contributed by atoms with van der Waals surface area (Å²) in [5, 5.41) is 5.15. The first-order valence-corrected chi connectivity index (χ1v) is 21.9. The van der Waals surface area contributed by atoms with Gasteiger partial charge in [-0.05, 0) is 132 Å². The maximum Gasteiger partial charge on any atom is 0.0468 e. The zero-order chi connectivity index (χ0) is 40.3. The highest BCUT2D eigenvalue weighted by Crippen LogP contribution is 2.54. The van der Waals surface area contributed by atoms with Crippen molar-refractivity contribution < 1.29 is 0 Å². The van der Waals surface area contributed by atoms with Gasteiger partial charge in [0.05, 0.1) is 0 Å². The molecule has 0 radical (unpaired) electrons. The van der Waals surface area contributed by atoms with Crippen LogP contribution in [0.2, 0.25) is 0 Å². The van der Waals surface area contributed by atoms with Crippen molar-refractivity contribution in [3.63, 3.8) is 0 Å². The molecule has 0 saturated heterocycles. The number of hydrogen-bond donors (Lipinski definition) is 0. The van der Waals surface area contributed by atoms with Gasteiger partial charge in [0.2, 0.25) is 0 Å². The molecule has 0 fully saturated rings. The zero-order valence-corrected chi connectivity index (χ0v) is 35.1. The van der Waals surface area contributed by atoms with Gasteiger partial charge in [-0.1, -0.05) is 161 Å². The van der Waals surface area contributed by atoms with Gasteiger partial charge in [0.1, 0.15) is 0 Å². The summed E-state index contributed by atoms with van der Waals surface area (Å²) >= 11 is 1.90. The van der Waals surface area contributed by atoms with Crippen molar-refractivity contribution in [2.45, 2.75) is 38.5 Å². The minimum Gasteiger partial charge on any atom is -0.310 e. The lowest BCUT2D eigenvalue weighted by Crippen LogP contribution is -2.18. The fraction of sp³-hybridized carbons (Fsp3) is 0.103. The molecule has 1 aromatic heterocycles. The Labute approximate surface area is 355 Å². The van der Waals surface area contributed by atoms with Crippen LogP contribution in [0.4, 0.5) is 17.1 Å². The fourth-order valence-corrected chi connectivity index (χ4v) is 11.7. The third-order valence-corrected chi connectivity index (χ3v) is 14.9. The van der Waals surface area contributed by atoms with Crippen LogP contribution in [0, 0.1) is 0 Å². The predicted molar refractivity (Wildman–Crippen MR) is 258 cm³/mol. The second-order valence-electron chi connectivity index (χ2n) is 17.7. The van der Waals surface area contributed by atoms with Crippen LogP contribution in [0.5, 0.6) is 0 Å². The molecule has 2 heteroatoms. The van der Waals surface area contributed by atoms with E-state index < -0.39 is 0 Å². The highest BCUT2D eigenvalue weighted by atomic mass is 32.1. The largest absolute Gasteiger partial charge is 0.310 e. The Hall–Kier alpha value is -6.74. The lowest BCUT2D eigenvalue weighted by molar-refractivity contribution is 0.660. The number of rotatable bonds is 5. The molecule has 0 amide bonds. The molecule has 0 spiro atoms. The molecular weight excluding hydrogens is 743 g/mol. The molecule has 0 bridgehead atoms. The summed E-state index contributed by atoms with van der Waals surface area (Å²) in [6, 6.07) is 70.5. The summed E-state index contributed by atoms with van der Waals surface area (Å²) in [5.74, 6) is 0. The average Bonchev–Trinajstić information content (AvgIpc) is 3.86. The van der Waals surface area contributed by atoms with Crippen molar-refractivity contribution in [2.24, 2.45) is 0 Å². The van der Waals surface area contributed by atoms with Gasteiger partial charge in [-0.25, -0.2) is 0 Å². The minimum atomic E-state index is -0.197. The van der Waals surface area contributed by atoms with Gasteiger partial charge in [-0.15, -0.1) is 11.3 Å². The Morgan fingerprint density at radius 2 is 0.867 bits per heavy atom. The standard InChI is InChI=1S/C58H43NS/c1-57(2)51-32-39(36-13-6-5-7-14-36)22-27-45(51)47-29-25-42(34-53(47)57)59(41-24-21-37-15-8-9-16-38(37)31-41)43-26-30-48-46-28-23-40(33-52(46)58(3,4)54(48)35-43)44-18-12-19-50-49-17-10-11-20-55(49)60-56(44)50/h5-35H,1-4H3. The minimum absolute atomic E-state index is 0.167. The molecule has 0 saturated carbocycles. The maximum absolute atomic E-state index is 2.48. The van der Waals surface area contributed by atoms with Gasteiger partial charge >= 0.3 is 0 Å². The summed E-state index contributed by atoms with van der Waals surface area (Å²) in [6.45, 7) is 9.59. The molecule has 0 unspecified atom stereocenters. The molecule has 1 nitrogen and oxygen atoms in total. The van der Waals surface area contributed by atoms with Crippen molar-refractivity contribution in [3.8, 4) is 44.5 Å². The van der Waals surface area contributed by atoms with Crippen LogP contribution in [-0.2, 0) is 10.8 Å². The monoisotopic (exact) mass is 785 g/mol. The van der Waals surface area contributed by atoms with Crippen LogP contribution < -0.4 is 4.90 Å². The van der Waals surface area contributed by atoms with Crippen LogP contribution in [0.3, 0.4) is 0 Å². The van der Waals surface area contributed by atoms with E-state index in [0.29, 0.717) is 0 Å². The molecule has 2 aliphatic carbocycles.